The summed E-state index contributed by atoms with van der Waals surface area (Å²) < 4.78 is 4.05. The molecule has 1 aliphatic carbocycles. The normalized spacial score (nSPS) is 15.3. The summed E-state index contributed by atoms with van der Waals surface area (Å²) in [7, 11) is 1.97. The van der Waals surface area contributed by atoms with Crippen LogP contribution < -0.4 is 0 Å². The van der Waals surface area contributed by atoms with Crippen LogP contribution >= 0.6 is 11.9 Å². The lowest BCUT2D eigenvalue weighted by Crippen LogP contribution is -2.05. The van der Waals surface area contributed by atoms with Gasteiger partial charge in [-0.15, -0.1) is 0 Å². The molecule has 5 rings (SSSR count). The van der Waals surface area contributed by atoms with Crippen LogP contribution in [0.25, 0.3) is 22.2 Å². The van der Waals surface area contributed by atoms with Gasteiger partial charge in [0.05, 0.1) is 6.20 Å². The third-order valence-corrected chi connectivity index (χ3v) is 6.63. The molecule has 0 unspecified atom stereocenters. The second-order valence-corrected chi connectivity index (χ2v) is 8.70. The van der Waals surface area contributed by atoms with Crippen LogP contribution in [-0.2, 0) is 7.05 Å². The van der Waals surface area contributed by atoms with Crippen LogP contribution in [0.3, 0.4) is 0 Å². The molecule has 3 aromatic heterocycles. The first-order valence-corrected chi connectivity index (χ1v) is 10.8. The first-order chi connectivity index (χ1) is 13.8. The summed E-state index contributed by atoms with van der Waals surface area (Å²) in [6.07, 6.45) is 15.0. The van der Waals surface area contributed by atoms with Crippen molar-refractivity contribution in [1.82, 2.24) is 18.7 Å². The van der Waals surface area contributed by atoms with Gasteiger partial charge in [-0.3, -0.25) is 8.65 Å². The SMILES string of the molecule is Cn1cc(-c2cn(Sc3ccccc3)c3ncc(C4CCCCC4)cc23)cn1. The highest BCUT2D eigenvalue weighted by atomic mass is 32.2. The minimum atomic E-state index is 0.650. The fraction of sp³-hybridized carbons (Fsp3) is 0.304. The number of aryl methyl sites for hydroxylation is 1. The van der Waals surface area contributed by atoms with Crippen molar-refractivity contribution in [2.45, 2.75) is 42.9 Å². The minimum Gasteiger partial charge on any atom is -0.275 e. The Balaban J connectivity index is 1.62. The maximum atomic E-state index is 4.92. The molecule has 1 fully saturated rings. The van der Waals surface area contributed by atoms with E-state index in [9.17, 15) is 0 Å². The largest absolute Gasteiger partial charge is 0.275 e. The quantitative estimate of drug-likeness (QED) is 0.427. The summed E-state index contributed by atoms with van der Waals surface area (Å²) in [6, 6.07) is 12.8. The van der Waals surface area contributed by atoms with Gasteiger partial charge in [0.25, 0.3) is 0 Å². The molecule has 28 heavy (non-hydrogen) atoms. The molecule has 0 N–H and O–H groups in total. The van der Waals surface area contributed by atoms with Crippen LogP contribution in [0.1, 0.15) is 43.6 Å². The van der Waals surface area contributed by atoms with Crippen LogP contribution in [0.5, 0.6) is 0 Å². The van der Waals surface area contributed by atoms with E-state index in [1.807, 2.05) is 24.0 Å². The molecular weight excluding hydrogens is 364 g/mol. The number of rotatable bonds is 4. The Morgan fingerprint density at radius 3 is 2.57 bits per heavy atom. The third kappa shape index (κ3) is 3.35. The molecule has 0 saturated heterocycles. The lowest BCUT2D eigenvalue weighted by Gasteiger charge is -2.21. The van der Waals surface area contributed by atoms with Crippen molar-refractivity contribution in [2.75, 3.05) is 0 Å². The fourth-order valence-corrected chi connectivity index (χ4v) is 5.11. The second-order valence-electron chi connectivity index (χ2n) is 7.65. The van der Waals surface area contributed by atoms with Crippen molar-refractivity contribution in [2.24, 2.45) is 7.05 Å². The summed E-state index contributed by atoms with van der Waals surface area (Å²) in [5.41, 5.74) is 4.76. The highest BCUT2D eigenvalue weighted by molar-refractivity contribution is 7.98. The smallest absolute Gasteiger partial charge is 0.150 e. The lowest BCUT2D eigenvalue weighted by atomic mass is 9.84. The summed E-state index contributed by atoms with van der Waals surface area (Å²) in [4.78, 5) is 6.12. The van der Waals surface area contributed by atoms with Crippen molar-refractivity contribution in [3.63, 3.8) is 0 Å². The van der Waals surface area contributed by atoms with E-state index >= 15 is 0 Å². The molecule has 4 nitrogen and oxygen atoms in total. The predicted octanol–water partition coefficient (Wildman–Crippen LogP) is 6.04. The number of hydrogen-bond acceptors (Lipinski definition) is 3. The molecule has 0 spiro atoms. The van der Waals surface area contributed by atoms with Gasteiger partial charge >= 0.3 is 0 Å². The first-order valence-electron chi connectivity index (χ1n) is 10.0. The first kappa shape index (κ1) is 17.6. The standard InChI is InChI=1S/C23H24N4S/c1-26-15-19(14-25-26)22-16-27(28-20-10-6-3-7-11-20)23-21(22)12-18(13-24-23)17-8-4-2-5-9-17/h3,6-7,10-17H,2,4-5,8-9H2,1H3. The summed E-state index contributed by atoms with van der Waals surface area (Å²) in [5, 5.41) is 5.61. The van der Waals surface area contributed by atoms with Crippen molar-refractivity contribution >= 4 is 23.0 Å². The Bertz CT molecular complexity index is 1090. The Hall–Kier alpha value is -2.53. The van der Waals surface area contributed by atoms with Gasteiger partial charge in [0.2, 0.25) is 0 Å². The summed E-state index contributed by atoms with van der Waals surface area (Å²) in [6.45, 7) is 0. The Kier molecular flexibility index (Phi) is 4.69. The van der Waals surface area contributed by atoms with Gasteiger partial charge in [-0.1, -0.05) is 37.5 Å². The van der Waals surface area contributed by atoms with Gasteiger partial charge < -0.3 is 0 Å². The molecule has 1 aromatic carbocycles. The molecule has 142 valence electrons. The number of fused-ring (bicyclic) bond motifs is 1. The van der Waals surface area contributed by atoms with E-state index in [0.717, 1.165) is 11.2 Å². The van der Waals surface area contributed by atoms with Crippen LogP contribution in [0.15, 0.2) is 66.1 Å². The topological polar surface area (TPSA) is 35.6 Å². The van der Waals surface area contributed by atoms with Crippen LogP contribution in [0, 0.1) is 0 Å². The Labute approximate surface area is 169 Å². The molecule has 0 aliphatic heterocycles. The van der Waals surface area contributed by atoms with Crippen molar-refractivity contribution in [3.05, 3.63) is 66.7 Å². The third-order valence-electron chi connectivity index (χ3n) is 5.67. The minimum absolute atomic E-state index is 0.650. The van der Waals surface area contributed by atoms with Crippen LogP contribution in [0.4, 0.5) is 0 Å². The zero-order valence-corrected chi connectivity index (χ0v) is 16.9. The van der Waals surface area contributed by atoms with Gasteiger partial charge in [0, 0.05) is 47.0 Å². The predicted molar refractivity (Wildman–Crippen MR) is 115 cm³/mol. The van der Waals surface area contributed by atoms with Crippen molar-refractivity contribution < 1.29 is 0 Å². The van der Waals surface area contributed by atoms with E-state index < -0.39 is 0 Å². The number of nitrogens with zero attached hydrogens (tertiary/aromatic N) is 4. The fourth-order valence-electron chi connectivity index (χ4n) is 4.21. The lowest BCUT2D eigenvalue weighted by molar-refractivity contribution is 0.443. The molecule has 5 heteroatoms. The van der Waals surface area contributed by atoms with E-state index in [4.69, 9.17) is 4.98 Å². The van der Waals surface area contributed by atoms with E-state index in [1.54, 1.807) is 11.9 Å². The molecule has 0 amide bonds. The maximum Gasteiger partial charge on any atom is 0.150 e. The molecule has 1 saturated carbocycles. The second kappa shape index (κ2) is 7.47. The van der Waals surface area contributed by atoms with E-state index in [2.05, 4.69) is 58.0 Å². The maximum absolute atomic E-state index is 4.92. The van der Waals surface area contributed by atoms with E-state index in [-0.39, 0.29) is 0 Å². The van der Waals surface area contributed by atoms with Crippen molar-refractivity contribution in [1.29, 1.82) is 0 Å². The van der Waals surface area contributed by atoms with Crippen LogP contribution in [-0.4, -0.2) is 18.7 Å². The zero-order chi connectivity index (χ0) is 18.9. The van der Waals surface area contributed by atoms with Gasteiger partial charge in [-0.05, 0) is 54.5 Å². The summed E-state index contributed by atoms with van der Waals surface area (Å²) in [5.74, 6) is 0.650. The molecule has 3 heterocycles. The van der Waals surface area contributed by atoms with Crippen LogP contribution in [0.2, 0.25) is 0 Å². The Morgan fingerprint density at radius 2 is 1.82 bits per heavy atom. The van der Waals surface area contributed by atoms with Gasteiger partial charge in [0.15, 0.2) is 5.65 Å². The van der Waals surface area contributed by atoms with Gasteiger partial charge in [0.1, 0.15) is 0 Å². The average molecular weight is 389 g/mol. The van der Waals surface area contributed by atoms with E-state index in [0.29, 0.717) is 5.92 Å². The number of aromatic nitrogens is 4. The molecule has 4 aromatic rings. The molecular formula is C23H24N4S. The molecule has 1 aliphatic rings. The molecule has 0 atom stereocenters. The number of hydrogen-bond donors (Lipinski definition) is 0. The molecule has 0 radical (unpaired) electrons. The highest BCUT2D eigenvalue weighted by Gasteiger charge is 2.19. The molecule has 0 bridgehead atoms. The number of benzene rings is 1. The van der Waals surface area contributed by atoms with Gasteiger partial charge in [-0.25, -0.2) is 4.98 Å². The zero-order valence-electron chi connectivity index (χ0n) is 16.1. The average Bonchev–Trinajstić information content (AvgIpc) is 3.33. The van der Waals surface area contributed by atoms with Crippen molar-refractivity contribution in [3.8, 4) is 11.1 Å². The van der Waals surface area contributed by atoms with E-state index in [1.165, 1.54) is 53.5 Å². The van der Waals surface area contributed by atoms with Gasteiger partial charge in [-0.2, -0.15) is 5.10 Å². The summed E-state index contributed by atoms with van der Waals surface area (Å²) >= 11 is 1.71. The highest BCUT2D eigenvalue weighted by Crippen LogP contribution is 2.38. The Morgan fingerprint density at radius 1 is 1.00 bits per heavy atom. The monoisotopic (exact) mass is 388 g/mol. The number of pyridine rings is 1.